The van der Waals surface area contributed by atoms with Gasteiger partial charge in [-0.3, -0.25) is 0 Å². The summed E-state index contributed by atoms with van der Waals surface area (Å²) in [5.74, 6) is -1.20. The first-order valence-corrected chi connectivity index (χ1v) is 7.54. The van der Waals surface area contributed by atoms with Crippen LogP contribution in [0.5, 0.6) is 0 Å². The van der Waals surface area contributed by atoms with E-state index in [2.05, 4.69) is 0 Å². The highest BCUT2D eigenvalue weighted by Crippen LogP contribution is 2.41. The quantitative estimate of drug-likeness (QED) is 0.783. The summed E-state index contributed by atoms with van der Waals surface area (Å²) in [6.45, 7) is 0. The lowest BCUT2D eigenvalue weighted by atomic mass is 10.2. The molecule has 0 heterocycles. The van der Waals surface area contributed by atoms with Gasteiger partial charge in [0.05, 0.1) is 0 Å². The first-order chi connectivity index (χ1) is 9.67. The van der Waals surface area contributed by atoms with Gasteiger partial charge in [-0.2, -0.15) is 10.5 Å². The average Bonchev–Trinajstić information content (AvgIpc) is 2.45. The zero-order valence-electron chi connectivity index (χ0n) is 9.93. The molecule has 2 aromatic rings. The molecule has 0 amide bonds. The van der Waals surface area contributed by atoms with Crippen molar-refractivity contribution < 1.29 is 8.78 Å². The number of rotatable bonds is 3. The van der Waals surface area contributed by atoms with Crippen molar-refractivity contribution in [3.05, 3.63) is 59.2 Å². The van der Waals surface area contributed by atoms with Gasteiger partial charge in [0.1, 0.15) is 34.9 Å². The molecule has 2 aromatic carbocycles. The van der Waals surface area contributed by atoms with Gasteiger partial charge >= 0.3 is 0 Å². The van der Waals surface area contributed by atoms with Crippen LogP contribution in [0, 0.1) is 34.3 Å². The molecule has 0 aromatic heterocycles. The monoisotopic (exact) mass is 304 g/mol. The number of hydrogen-bond acceptors (Lipinski definition) is 4. The first kappa shape index (κ1) is 14.4. The van der Waals surface area contributed by atoms with Crippen LogP contribution in [0.15, 0.2) is 46.2 Å². The second-order valence-electron chi connectivity index (χ2n) is 3.62. The maximum atomic E-state index is 13.4. The Labute approximate surface area is 122 Å². The summed E-state index contributed by atoms with van der Waals surface area (Å²) in [6, 6.07) is 12.2. The lowest BCUT2D eigenvalue weighted by molar-refractivity contribution is 0.619. The molecule has 6 heteroatoms. The molecule has 2 rings (SSSR count). The van der Waals surface area contributed by atoms with Crippen molar-refractivity contribution in [3.8, 4) is 12.1 Å². The van der Waals surface area contributed by atoms with Gasteiger partial charge in [0, 0.05) is 9.79 Å². The van der Waals surface area contributed by atoms with Gasteiger partial charge in [-0.25, -0.2) is 8.78 Å². The van der Waals surface area contributed by atoms with Crippen LogP contribution in [0.25, 0.3) is 0 Å². The van der Waals surface area contributed by atoms with E-state index in [1.54, 1.807) is 24.3 Å². The zero-order chi connectivity index (χ0) is 14.5. The smallest absolute Gasteiger partial charge is 0.142 e. The van der Waals surface area contributed by atoms with Crippen molar-refractivity contribution in [1.82, 2.24) is 0 Å². The fraction of sp³-hybridized carbons (Fsp3) is 0. The van der Waals surface area contributed by atoms with Gasteiger partial charge < -0.3 is 0 Å². The number of hydrogen-bond donors (Lipinski definition) is 0. The number of nitrogens with zero attached hydrogens (tertiary/aromatic N) is 2. The van der Waals surface area contributed by atoms with Crippen LogP contribution >= 0.6 is 21.6 Å². The Hall–Kier alpha value is -2.02. The van der Waals surface area contributed by atoms with Gasteiger partial charge in [0.15, 0.2) is 0 Å². The Morgan fingerprint density at radius 1 is 0.750 bits per heavy atom. The predicted molar refractivity (Wildman–Crippen MR) is 73.9 cm³/mol. The fourth-order valence-electron chi connectivity index (χ4n) is 1.45. The number of benzene rings is 2. The normalized spacial score (nSPS) is 9.80. The highest BCUT2D eigenvalue weighted by molar-refractivity contribution is 8.76. The molecule has 0 spiro atoms. The number of halogens is 2. The van der Waals surface area contributed by atoms with E-state index in [-0.39, 0.29) is 11.1 Å². The van der Waals surface area contributed by atoms with Crippen molar-refractivity contribution >= 4 is 21.6 Å². The molecule has 0 aliphatic carbocycles. The van der Waals surface area contributed by atoms with Crippen molar-refractivity contribution in [2.24, 2.45) is 0 Å². The van der Waals surface area contributed by atoms with Crippen molar-refractivity contribution in [3.63, 3.8) is 0 Å². The van der Waals surface area contributed by atoms with Crippen molar-refractivity contribution in [2.75, 3.05) is 0 Å². The van der Waals surface area contributed by atoms with Crippen molar-refractivity contribution in [1.29, 1.82) is 10.5 Å². The maximum Gasteiger partial charge on any atom is 0.142 e. The van der Waals surface area contributed by atoms with E-state index < -0.39 is 11.6 Å². The molecule has 0 aliphatic rings. The molecule has 2 nitrogen and oxygen atoms in total. The average molecular weight is 304 g/mol. The molecule has 0 N–H and O–H groups in total. The minimum Gasteiger partial charge on any atom is -0.206 e. The van der Waals surface area contributed by atoms with Gasteiger partial charge in [0.25, 0.3) is 0 Å². The largest absolute Gasteiger partial charge is 0.206 e. The molecule has 0 bridgehead atoms. The minimum absolute atomic E-state index is 0.0556. The first-order valence-electron chi connectivity index (χ1n) is 5.39. The summed E-state index contributed by atoms with van der Waals surface area (Å²) < 4.78 is 26.9. The van der Waals surface area contributed by atoms with Crippen LogP contribution in [0.4, 0.5) is 8.78 Å². The lowest BCUT2D eigenvalue weighted by Gasteiger charge is -2.05. The van der Waals surface area contributed by atoms with Gasteiger partial charge in [-0.15, -0.1) is 0 Å². The van der Waals surface area contributed by atoms with E-state index in [0.717, 1.165) is 21.6 Å². The van der Waals surface area contributed by atoms with Crippen LogP contribution < -0.4 is 0 Å². The van der Waals surface area contributed by atoms with Crippen molar-refractivity contribution in [2.45, 2.75) is 9.79 Å². The van der Waals surface area contributed by atoms with E-state index in [9.17, 15) is 8.78 Å². The minimum atomic E-state index is -0.599. The fourth-order valence-corrected chi connectivity index (χ4v) is 3.73. The predicted octanol–water partition coefficient (Wildman–Crippen LogP) is 4.51. The third-order valence-corrected chi connectivity index (χ3v) is 4.85. The molecule has 0 fully saturated rings. The number of nitriles is 2. The molecular weight excluding hydrogens is 298 g/mol. The van der Waals surface area contributed by atoms with E-state index >= 15 is 0 Å². The van der Waals surface area contributed by atoms with Crippen LogP contribution in [0.1, 0.15) is 11.1 Å². The van der Waals surface area contributed by atoms with Crippen LogP contribution in [0.3, 0.4) is 0 Å². The highest BCUT2D eigenvalue weighted by atomic mass is 33.1. The third-order valence-electron chi connectivity index (χ3n) is 2.40. The summed E-state index contributed by atoms with van der Waals surface area (Å²) in [5, 5.41) is 17.8. The van der Waals surface area contributed by atoms with Crippen LogP contribution in [-0.4, -0.2) is 0 Å². The van der Waals surface area contributed by atoms with Gasteiger partial charge in [-0.1, -0.05) is 33.7 Å². The Balaban J connectivity index is 2.27. The van der Waals surface area contributed by atoms with Crippen LogP contribution in [-0.2, 0) is 0 Å². The molecule has 0 aliphatic heterocycles. The van der Waals surface area contributed by atoms with Gasteiger partial charge in [-0.05, 0) is 24.3 Å². The zero-order valence-corrected chi connectivity index (χ0v) is 11.6. The maximum absolute atomic E-state index is 13.4. The third kappa shape index (κ3) is 2.93. The summed E-state index contributed by atoms with van der Waals surface area (Å²) in [4.78, 5) is 0.872. The van der Waals surface area contributed by atoms with E-state index in [1.165, 1.54) is 24.3 Å². The van der Waals surface area contributed by atoms with E-state index in [1.807, 2.05) is 0 Å². The van der Waals surface area contributed by atoms with Crippen LogP contribution in [0.2, 0.25) is 0 Å². The molecule has 0 saturated heterocycles. The summed E-state index contributed by atoms with van der Waals surface area (Å²) in [5.41, 5.74) is -0.111. The Morgan fingerprint density at radius 3 is 1.50 bits per heavy atom. The molecule has 0 atom stereocenters. The van der Waals surface area contributed by atoms with Gasteiger partial charge in [0.2, 0.25) is 0 Å². The SMILES string of the molecule is N#Cc1c(F)cccc1SSc1cccc(F)c1C#N. The van der Waals surface area contributed by atoms with E-state index in [0.29, 0.717) is 9.79 Å². The van der Waals surface area contributed by atoms with E-state index in [4.69, 9.17) is 10.5 Å². The lowest BCUT2D eigenvalue weighted by Crippen LogP contribution is -1.87. The Bertz CT molecular complexity index is 669. The topological polar surface area (TPSA) is 47.6 Å². The second kappa shape index (κ2) is 6.42. The Kier molecular flexibility index (Phi) is 4.62. The molecule has 0 saturated carbocycles. The molecule has 98 valence electrons. The summed E-state index contributed by atoms with van der Waals surface area (Å²) in [6.07, 6.45) is 0. The molecule has 0 unspecified atom stereocenters. The Morgan fingerprint density at radius 2 is 1.15 bits per heavy atom. The second-order valence-corrected chi connectivity index (χ2v) is 5.83. The molecule has 20 heavy (non-hydrogen) atoms. The summed E-state index contributed by atoms with van der Waals surface area (Å²) >= 11 is 0. The standard InChI is InChI=1S/C14H6F2N2S2/c15-11-3-1-5-13(9(11)7-17)19-20-14-6-2-4-12(16)10(14)8-18/h1-6H. The summed E-state index contributed by atoms with van der Waals surface area (Å²) in [7, 11) is 2.23. The molecule has 0 radical (unpaired) electrons. The molecular formula is C14H6F2N2S2. The highest BCUT2D eigenvalue weighted by Gasteiger charge is 2.12.